The fraction of sp³-hybridized carbons (Fsp3) is 0.154. The number of thiocarbonyl (C=S) groups is 1. The zero-order valence-corrected chi connectivity index (χ0v) is 10.1. The molecule has 0 bridgehead atoms. The molecular weight excluding hydrogens is 216 g/mol. The first-order valence-electron chi connectivity index (χ1n) is 5.23. The molecule has 0 unspecified atom stereocenters. The third kappa shape index (κ3) is 1.13. The van der Waals surface area contributed by atoms with Crippen molar-refractivity contribution in [2.24, 2.45) is 0 Å². The predicted octanol–water partition coefficient (Wildman–Crippen LogP) is 2.81. The predicted molar refractivity (Wildman–Crippen MR) is 71.8 cm³/mol. The van der Waals surface area contributed by atoms with Gasteiger partial charge in [0.05, 0.1) is 5.69 Å². The van der Waals surface area contributed by atoms with E-state index in [0.29, 0.717) is 0 Å². The van der Waals surface area contributed by atoms with Gasteiger partial charge < -0.3 is 0 Å². The molecule has 0 saturated carbocycles. The normalized spacial score (nSPS) is 14.2. The molecule has 0 amide bonds. The molecule has 3 rings (SSSR count). The van der Waals surface area contributed by atoms with Gasteiger partial charge in [-0.1, -0.05) is 42.5 Å². The summed E-state index contributed by atoms with van der Waals surface area (Å²) in [5.41, 5.74) is 2.35. The van der Waals surface area contributed by atoms with Gasteiger partial charge in [-0.25, -0.2) is 5.01 Å². The molecule has 0 atom stereocenters. The minimum absolute atomic E-state index is 0.886. The molecule has 0 radical (unpaired) electrons. The van der Waals surface area contributed by atoms with Crippen LogP contribution < -0.4 is 5.01 Å². The maximum Gasteiger partial charge on any atom is 0.129 e. The minimum atomic E-state index is 0.886. The van der Waals surface area contributed by atoms with Crippen LogP contribution in [0.15, 0.2) is 36.4 Å². The van der Waals surface area contributed by atoms with Crippen LogP contribution >= 0.6 is 12.2 Å². The molecular formula is C13H12N2S. The van der Waals surface area contributed by atoms with Crippen LogP contribution in [0.1, 0.15) is 5.56 Å². The van der Waals surface area contributed by atoms with Gasteiger partial charge in [-0.05, 0) is 11.5 Å². The summed E-state index contributed by atoms with van der Waals surface area (Å²) in [5.74, 6) is 0. The molecule has 2 nitrogen and oxygen atoms in total. The fourth-order valence-electron chi connectivity index (χ4n) is 2.30. The van der Waals surface area contributed by atoms with E-state index in [0.717, 1.165) is 10.6 Å². The average molecular weight is 228 g/mol. The molecule has 2 aromatic carbocycles. The Morgan fingerprint density at radius 3 is 2.44 bits per heavy atom. The standard InChI is InChI=1S/C13H12N2S/c1-14(2)15-11-8-4-6-9-5-3-7-10(12(9)11)13(15)16/h3-8H,1-2H3. The number of anilines is 1. The molecule has 16 heavy (non-hydrogen) atoms. The average Bonchev–Trinajstić information content (AvgIpc) is 2.55. The van der Waals surface area contributed by atoms with Crippen molar-refractivity contribution in [3.63, 3.8) is 0 Å². The maximum absolute atomic E-state index is 5.52. The quantitative estimate of drug-likeness (QED) is 0.693. The topological polar surface area (TPSA) is 6.48 Å². The van der Waals surface area contributed by atoms with Gasteiger partial charge in [0, 0.05) is 25.0 Å². The van der Waals surface area contributed by atoms with Crippen LogP contribution in [0.3, 0.4) is 0 Å². The van der Waals surface area contributed by atoms with E-state index in [1.54, 1.807) is 0 Å². The molecule has 3 heteroatoms. The van der Waals surface area contributed by atoms with Crippen molar-refractivity contribution in [1.29, 1.82) is 0 Å². The molecule has 2 aromatic rings. The van der Waals surface area contributed by atoms with Crippen LogP contribution in [0, 0.1) is 0 Å². The summed E-state index contributed by atoms with van der Waals surface area (Å²) in [7, 11) is 4.02. The second-order valence-electron chi connectivity index (χ2n) is 4.14. The monoisotopic (exact) mass is 228 g/mol. The summed E-state index contributed by atoms with van der Waals surface area (Å²) in [4.78, 5) is 0.886. The van der Waals surface area contributed by atoms with Crippen LogP contribution in [0.4, 0.5) is 5.69 Å². The number of hydrogen-bond acceptors (Lipinski definition) is 2. The van der Waals surface area contributed by atoms with Gasteiger partial charge in [-0.3, -0.25) is 5.01 Å². The molecule has 1 heterocycles. The Morgan fingerprint density at radius 2 is 1.75 bits per heavy atom. The summed E-state index contributed by atoms with van der Waals surface area (Å²) in [6.07, 6.45) is 0. The lowest BCUT2D eigenvalue weighted by molar-refractivity contribution is 0.434. The third-order valence-electron chi connectivity index (χ3n) is 2.93. The van der Waals surface area contributed by atoms with Crippen molar-refractivity contribution >= 4 is 33.7 Å². The molecule has 1 aliphatic heterocycles. The molecule has 0 fully saturated rings. The second kappa shape index (κ2) is 3.27. The highest BCUT2D eigenvalue weighted by Gasteiger charge is 2.27. The van der Waals surface area contributed by atoms with Gasteiger partial charge in [0.15, 0.2) is 0 Å². The Labute approximate surface area is 100 Å². The molecule has 0 saturated heterocycles. The van der Waals surface area contributed by atoms with Gasteiger partial charge >= 0.3 is 0 Å². The Morgan fingerprint density at radius 1 is 1.06 bits per heavy atom. The number of hydrogen-bond donors (Lipinski definition) is 0. The Hall–Kier alpha value is -1.45. The smallest absolute Gasteiger partial charge is 0.129 e. The summed E-state index contributed by atoms with van der Waals surface area (Å²) >= 11 is 5.52. The van der Waals surface area contributed by atoms with E-state index in [1.807, 2.05) is 19.1 Å². The minimum Gasteiger partial charge on any atom is -0.263 e. The largest absolute Gasteiger partial charge is 0.263 e. The van der Waals surface area contributed by atoms with E-state index in [4.69, 9.17) is 12.2 Å². The second-order valence-corrected chi connectivity index (χ2v) is 4.53. The summed E-state index contributed by atoms with van der Waals surface area (Å²) in [6.45, 7) is 0. The van der Waals surface area contributed by atoms with E-state index < -0.39 is 0 Å². The van der Waals surface area contributed by atoms with Crippen LogP contribution in [0.25, 0.3) is 10.8 Å². The zero-order valence-electron chi connectivity index (χ0n) is 9.27. The highest BCUT2D eigenvalue weighted by Crippen LogP contribution is 2.37. The molecule has 0 spiro atoms. The number of rotatable bonds is 1. The molecule has 1 aliphatic rings. The van der Waals surface area contributed by atoms with E-state index in [9.17, 15) is 0 Å². The summed E-state index contributed by atoms with van der Waals surface area (Å²) in [5, 5.41) is 6.62. The van der Waals surface area contributed by atoms with Crippen molar-refractivity contribution in [2.75, 3.05) is 19.1 Å². The van der Waals surface area contributed by atoms with Crippen LogP contribution in [0.2, 0.25) is 0 Å². The first-order chi connectivity index (χ1) is 7.70. The van der Waals surface area contributed by atoms with Crippen molar-refractivity contribution in [3.8, 4) is 0 Å². The SMILES string of the molecule is CN(C)N1C(=S)c2cccc3cccc1c23. The van der Waals surface area contributed by atoms with Gasteiger partial charge in [0.2, 0.25) is 0 Å². The fourth-order valence-corrected chi connectivity index (χ4v) is 2.73. The molecule has 80 valence electrons. The number of hydrazine groups is 1. The van der Waals surface area contributed by atoms with Gasteiger partial charge in [0.25, 0.3) is 0 Å². The lowest BCUT2D eigenvalue weighted by Gasteiger charge is -2.26. The highest BCUT2D eigenvalue weighted by molar-refractivity contribution is 7.81. The van der Waals surface area contributed by atoms with E-state index in [1.165, 1.54) is 16.5 Å². The number of nitrogens with zero attached hydrogens (tertiary/aromatic N) is 2. The summed E-state index contributed by atoms with van der Waals surface area (Å²) in [6, 6.07) is 12.6. The highest BCUT2D eigenvalue weighted by atomic mass is 32.1. The van der Waals surface area contributed by atoms with Gasteiger partial charge in [-0.15, -0.1) is 0 Å². The Balaban J connectivity index is 2.40. The van der Waals surface area contributed by atoms with Crippen LogP contribution in [-0.2, 0) is 0 Å². The van der Waals surface area contributed by atoms with Crippen molar-refractivity contribution in [3.05, 3.63) is 42.0 Å². The first-order valence-corrected chi connectivity index (χ1v) is 5.64. The third-order valence-corrected chi connectivity index (χ3v) is 3.33. The van der Waals surface area contributed by atoms with Crippen molar-refractivity contribution in [2.45, 2.75) is 0 Å². The van der Waals surface area contributed by atoms with Crippen molar-refractivity contribution in [1.82, 2.24) is 5.01 Å². The maximum atomic E-state index is 5.52. The van der Waals surface area contributed by atoms with Crippen molar-refractivity contribution < 1.29 is 0 Å². The number of benzene rings is 2. The van der Waals surface area contributed by atoms with E-state index in [-0.39, 0.29) is 0 Å². The van der Waals surface area contributed by atoms with Gasteiger partial charge in [0.1, 0.15) is 4.99 Å². The molecule has 0 aliphatic carbocycles. The molecule has 0 aromatic heterocycles. The van der Waals surface area contributed by atoms with Crippen LogP contribution in [-0.4, -0.2) is 24.1 Å². The lowest BCUT2D eigenvalue weighted by Crippen LogP contribution is -2.38. The van der Waals surface area contributed by atoms with E-state index >= 15 is 0 Å². The summed E-state index contributed by atoms with van der Waals surface area (Å²) < 4.78 is 0. The Kier molecular flexibility index (Phi) is 1.99. The molecule has 0 N–H and O–H groups in total. The van der Waals surface area contributed by atoms with Crippen LogP contribution in [0.5, 0.6) is 0 Å². The van der Waals surface area contributed by atoms with Gasteiger partial charge in [-0.2, -0.15) is 0 Å². The lowest BCUT2D eigenvalue weighted by atomic mass is 10.1. The zero-order chi connectivity index (χ0) is 11.3. The Bertz CT molecular complexity index is 584. The first kappa shape index (κ1) is 9.75. The van der Waals surface area contributed by atoms with E-state index in [2.05, 4.69) is 41.4 Å².